The van der Waals surface area contributed by atoms with Crippen molar-refractivity contribution in [1.82, 2.24) is 0 Å². The Bertz CT molecular complexity index is 329. The maximum Gasteiger partial charge on any atom is 1.00 e. The van der Waals surface area contributed by atoms with Crippen molar-refractivity contribution in [2.75, 3.05) is 13.9 Å². The molecule has 0 aliphatic rings. The predicted molar refractivity (Wildman–Crippen MR) is 61.2 cm³/mol. The molecule has 0 aliphatic heterocycles. The molecule has 0 N–H and O–H groups in total. The molecule has 0 unspecified atom stereocenters. The minimum absolute atomic E-state index is 0. The minimum Gasteiger partial charge on any atom is -0.493 e. The fourth-order valence-corrected chi connectivity index (χ4v) is 1.39. The molecule has 0 amide bonds. The molecule has 1 rings (SSSR count). The summed E-state index contributed by atoms with van der Waals surface area (Å²) in [5, 5.41) is 0. The smallest absolute Gasteiger partial charge is 0.493 e. The molecule has 16 heavy (non-hydrogen) atoms. The molecule has 0 saturated heterocycles. The Labute approximate surface area is 111 Å². The van der Waals surface area contributed by atoms with Gasteiger partial charge in [-0.1, -0.05) is 33.1 Å². The van der Waals surface area contributed by atoms with Crippen molar-refractivity contribution in [2.45, 2.75) is 33.1 Å². The fourth-order valence-electron chi connectivity index (χ4n) is 1.39. The van der Waals surface area contributed by atoms with Crippen LogP contribution in [0.25, 0.3) is 0 Å². The monoisotopic (exact) mass is 214 g/mol. The van der Waals surface area contributed by atoms with E-state index in [1.165, 1.54) is 11.1 Å². The predicted octanol–water partition coefficient (Wildman–Crippen LogP) is 0.0794. The van der Waals surface area contributed by atoms with Crippen molar-refractivity contribution in [3.05, 3.63) is 29.3 Å². The van der Waals surface area contributed by atoms with Crippen molar-refractivity contribution in [3.63, 3.8) is 0 Å². The summed E-state index contributed by atoms with van der Waals surface area (Å²) < 4.78 is 10.4. The SMILES string of the molecule is COCOc1[c-]cc(C)cc1C(C)(C)C.[Li+]. The van der Waals surface area contributed by atoms with Crippen LogP contribution in [-0.2, 0) is 10.2 Å². The van der Waals surface area contributed by atoms with Gasteiger partial charge in [0, 0.05) is 12.9 Å². The first-order chi connectivity index (χ1) is 6.95. The zero-order valence-corrected chi connectivity index (χ0v) is 11.2. The molecule has 0 bridgehead atoms. The number of methoxy groups -OCH3 is 1. The van der Waals surface area contributed by atoms with E-state index in [1.807, 2.05) is 6.07 Å². The van der Waals surface area contributed by atoms with Crippen LogP contribution in [0.2, 0.25) is 0 Å². The molecule has 0 spiro atoms. The van der Waals surface area contributed by atoms with E-state index in [4.69, 9.17) is 9.47 Å². The largest absolute Gasteiger partial charge is 1.00 e. The molecule has 2 nitrogen and oxygen atoms in total. The number of rotatable bonds is 3. The molecule has 1 aromatic rings. The molecule has 0 atom stereocenters. The average Bonchev–Trinajstić information content (AvgIpc) is 2.14. The van der Waals surface area contributed by atoms with Crippen LogP contribution >= 0.6 is 0 Å². The third-order valence-electron chi connectivity index (χ3n) is 2.18. The van der Waals surface area contributed by atoms with E-state index in [2.05, 4.69) is 39.8 Å². The summed E-state index contributed by atoms with van der Waals surface area (Å²) in [5.74, 6) is 0.787. The topological polar surface area (TPSA) is 18.5 Å². The Morgan fingerprint density at radius 3 is 2.44 bits per heavy atom. The van der Waals surface area contributed by atoms with Gasteiger partial charge >= 0.3 is 18.9 Å². The quantitative estimate of drug-likeness (QED) is 0.403. The summed E-state index contributed by atoms with van der Waals surface area (Å²) >= 11 is 0. The van der Waals surface area contributed by atoms with Gasteiger partial charge in [-0.15, -0.1) is 11.6 Å². The zero-order valence-electron chi connectivity index (χ0n) is 11.2. The van der Waals surface area contributed by atoms with E-state index in [0.717, 1.165) is 5.75 Å². The first-order valence-corrected chi connectivity index (χ1v) is 5.09. The number of hydrogen-bond donors (Lipinski definition) is 0. The van der Waals surface area contributed by atoms with Gasteiger partial charge in [-0.3, -0.25) is 0 Å². The molecular weight excluding hydrogens is 195 g/mol. The standard InChI is InChI=1S/C13H19O2.Li/c1-10-6-7-12(15-9-14-5)11(8-10)13(2,3)4;/h6,8H,9H2,1-5H3;/q-1;+1. The number of ether oxygens (including phenoxy) is 2. The summed E-state index contributed by atoms with van der Waals surface area (Å²) in [4.78, 5) is 0. The van der Waals surface area contributed by atoms with E-state index in [-0.39, 0.29) is 31.1 Å². The van der Waals surface area contributed by atoms with E-state index in [1.54, 1.807) is 7.11 Å². The molecule has 0 aromatic heterocycles. The molecule has 0 heterocycles. The van der Waals surface area contributed by atoms with Crippen LogP contribution in [-0.4, -0.2) is 13.9 Å². The van der Waals surface area contributed by atoms with Gasteiger partial charge < -0.3 is 9.47 Å². The molecular formula is C13H19LiO2. The normalized spacial score (nSPS) is 10.8. The Kier molecular flexibility index (Phi) is 6.18. The maximum atomic E-state index is 5.49. The van der Waals surface area contributed by atoms with Crippen molar-refractivity contribution < 1.29 is 28.3 Å². The van der Waals surface area contributed by atoms with Gasteiger partial charge in [-0.05, 0) is 0 Å². The van der Waals surface area contributed by atoms with Gasteiger partial charge in [-0.2, -0.15) is 17.7 Å². The van der Waals surface area contributed by atoms with Crippen LogP contribution in [0.3, 0.4) is 0 Å². The number of benzene rings is 1. The van der Waals surface area contributed by atoms with E-state index < -0.39 is 0 Å². The summed E-state index contributed by atoms with van der Waals surface area (Å²) in [6.45, 7) is 8.81. The Balaban J connectivity index is 0.00000225. The Morgan fingerprint density at radius 2 is 1.94 bits per heavy atom. The van der Waals surface area contributed by atoms with Crippen molar-refractivity contribution in [3.8, 4) is 5.75 Å². The number of hydrogen-bond acceptors (Lipinski definition) is 2. The van der Waals surface area contributed by atoms with E-state index in [9.17, 15) is 0 Å². The van der Waals surface area contributed by atoms with Gasteiger partial charge in [0.2, 0.25) is 0 Å². The van der Waals surface area contributed by atoms with Crippen molar-refractivity contribution in [1.29, 1.82) is 0 Å². The van der Waals surface area contributed by atoms with Crippen LogP contribution in [0.1, 0.15) is 31.9 Å². The molecule has 3 heteroatoms. The first-order valence-electron chi connectivity index (χ1n) is 5.09. The van der Waals surface area contributed by atoms with E-state index in [0.29, 0.717) is 0 Å². The van der Waals surface area contributed by atoms with Crippen LogP contribution in [0.4, 0.5) is 0 Å². The summed E-state index contributed by atoms with van der Waals surface area (Å²) in [5.41, 5.74) is 2.43. The van der Waals surface area contributed by atoms with Gasteiger partial charge in [0.15, 0.2) is 6.79 Å². The molecule has 0 radical (unpaired) electrons. The Hall–Kier alpha value is -0.423. The number of aryl methyl sites for hydroxylation is 1. The summed E-state index contributed by atoms with van der Waals surface area (Å²) in [6.07, 6.45) is 0. The third kappa shape index (κ3) is 4.21. The van der Waals surface area contributed by atoms with Gasteiger partial charge in [-0.25, -0.2) is 0 Å². The van der Waals surface area contributed by atoms with Crippen LogP contribution in [0.5, 0.6) is 5.75 Å². The Morgan fingerprint density at radius 1 is 1.31 bits per heavy atom. The molecule has 1 aromatic carbocycles. The summed E-state index contributed by atoms with van der Waals surface area (Å²) in [6, 6.07) is 7.22. The van der Waals surface area contributed by atoms with Crippen LogP contribution < -0.4 is 23.6 Å². The molecule has 84 valence electrons. The second-order valence-corrected chi connectivity index (χ2v) is 4.72. The van der Waals surface area contributed by atoms with Crippen LogP contribution in [0.15, 0.2) is 12.1 Å². The molecule has 0 fully saturated rings. The van der Waals surface area contributed by atoms with Gasteiger partial charge in [0.05, 0.1) is 0 Å². The summed E-state index contributed by atoms with van der Waals surface area (Å²) in [7, 11) is 1.62. The first kappa shape index (κ1) is 15.6. The van der Waals surface area contributed by atoms with Gasteiger partial charge in [0.1, 0.15) is 0 Å². The average molecular weight is 214 g/mol. The second kappa shape index (κ2) is 6.35. The fraction of sp³-hybridized carbons (Fsp3) is 0.538. The van der Waals surface area contributed by atoms with E-state index >= 15 is 0 Å². The van der Waals surface area contributed by atoms with Gasteiger partial charge in [0.25, 0.3) is 0 Å². The molecule has 0 aliphatic carbocycles. The maximum absolute atomic E-state index is 5.49. The zero-order chi connectivity index (χ0) is 11.5. The second-order valence-electron chi connectivity index (χ2n) is 4.72. The van der Waals surface area contributed by atoms with Crippen molar-refractivity contribution >= 4 is 0 Å². The minimum atomic E-state index is 0. The van der Waals surface area contributed by atoms with Crippen LogP contribution in [0, 0.1) is 13.0 Å². The van der Waals surface area contributed by atoms with Crippen molar-refractivity contribution in [2.24, 2.45) is 0 Å². The molecule has 0 saturated carbocycles. The third-order valence-corrected chi connectivity index (χ3v) is 2.18.